The predicted molar refractivity (Wildman–Crippen MR) is 87.2 cm³/mol. The molecule has 1 aromatic carbocycles. The SMILES string of the molecule is CC(C(=O)N(Cc1ccsc1)C1CC1)c1cccc(N)c1. The number of nitrogens with two attached hydrogens (primary N) is 1. The first-order chi connectivity index (χ1) is 10.1. The van der Waals surface area contributed by atoms with Gasteiger partial charge in [-0.2, -0.15) is 11.3 Å². The number of rotatable bonds is 5. The first-order valence-electron chi connectivity index (χ1n) is 7.32. The second-order valence-electron chi connectivity index (χ2n) is 5.72. The molecule has 110 valence electrons. The summed E-state index contributed by atoms with van der Waals surface area (Å²) in [5.74, 6) is 0.0574. The molecule has 1 saturated carbocycles. The minimum Gasteiger partial charge on any atom is -0.399 e. The van der Waals surface area contributed by atoms with E-state index in [4.69, 9.17) is 5.73 Å². The average molecular weight is 300 g/mol. The molecule has 2 N–H and O–H groups in total. The first-order valence-corrected chi connectivity index (χ1v) is 8.26. The van der Waals surface area contributed by atoms with Crippen LogP contribution < -0.4 is 5.73 Å². The lowest BCUT2D eigenvalue weighted by atomic mass is 9.99. The molecule has 1 amide bonds. The van der Waals surface area contributed by atoms with Crippen LogP contribution in [0.2, 0.25) is 0 Å². The Bertz CT molecular complexity index is 619. The summed E-state index contributed by atoms with van der Waals surface area (Å²) in [6.07, 6.45) is 2.25. The van der Waals surface area contributed by atoms with Gasteiger partial charge in [-0.1, -0.05) is 12.1 Å². The zero-order valence-electron chi connectivity index (χ0n) is 12.2. The molecule has 1 heterocycles. The van der Waals surface area contributed by atoms with Crippen molar-refractivity contribution in [3.8, 4) is 0 Å². The van der Waals surface area contributed by atoms with Gasteiger partial charge in [0.05, 0.1) is 5.92 Å². The van der Waals surface area contributed by atoms with Crippen LogP contribution in [0.3, 0.4) is 0 Å². The molecule has 21 heavy (non-hydrogen) atoms. The van der Waals surface area contributed by atoms with Gasteiger partial charge in [-0.15, -0.1) is 0 Å². The highest BCUT2D eigenvalue weighted by molar-refractivity contribution is 7.07. The molecule has 0 bridgehead atoms. The lowest BCUT2D eigenvalue weighted by molar-refractivity contribution is -0.133. The maximum atomic E-state index is 12.9. The first kappa shape index (κ1) is 14.1. The van der Waals surface area contributed by atoms with E-state index in [1.807, 2.05) is 36.1 Å². The van der Waals surface area contributed by atoms with Crippen LogP contribution in [0.5, 0.6) is 0 Å². The van der Waals surface area contributed by atoms with Crippen LogP contribution in [-0.2, 0) is 11.3 Å². The van der Waals surface area contributed by atoms with Crippen molar-refractivity contribution < 1.29 is 4.79 Å². The number of anilines is 1. The number of amides is 1. The van der Waals surface area contributed by atoms with Gasteiger partial charge in [0.15, 0.2) is 0 Å². The van der Waals surface area contributed by atoms with E-state index in [0.29, 0.717) is 11.7 Å². The second-order valence-corrected chi connectivity index (χ2v) is 6.50. The quantitative estimate of drug-likeness (QED) is 0.857. The Morgan fingerprint density at radius 1 is 1.43 bits per heavy atom. The Hall–Kier alpha value is -1.81. The van der Waals surface area contributed by atoms with Gasteiger partial charge >= 0.3 is 0 Å². The lowest BCUT2D eigenvalue weighted by Crippen LogP contribution is -2.35. The number of nitrogen functional groups attached to an aromatic ring is 1. The Kier molecular flexibility index (Phi) is 3.97. The third kappa shape index (κ3) is 3.27. The van der Waals surface area contributed by atoms with Crippen molar-refractivity contribution in [3.63, 3.8) is 0 Å². The van der Waals surface area contributed by atoms with Crippen LogP contribution in [0.4, 0.5) is 5.69 Å². The maximum absolute atomic E-state index is 12.9. The van der Waals surface area contributed by atoms with E-state index in [2.05, 4.69) is 16.8 Å². The predicted octanol–water partition coefficient (Wildman–Crippen LogP) is 3.63. The summed E-state index contributed by atoms with van der Waals surface area (Å²) in [6, 6.07) is 10.2. The number of carbonyl (C=O) groups excluding carboxylic acids is 1. The molecule has 1 unspecified atom stereocenters. The van der Waals surface area contributed by atoms with E-state index in [-0.39, 0.29) is 11.8 Å². The molecule has 1 fully saturated rings. The van der Waals surface area contributed by atoms with Gasteiger partial charge in [0.1, 0.15) is 0 Å². The molecule has 3 rings (SSSR count). The minimum absolute atomic E-state index is 0.146. The molecule has 2 aromatic rings. The third-order valence-electron chi connectivity index (χ3n) is 3.98. The van der Waals surface area contributed by atoms with Crippen LogP contribution in [0, 0.1) is 0 Å². The summed E-state index contributed by atoms with van der Waals surface area (Å²) < 4.78 is 0. The Morgan fingerprint density at radius 3 is 2.86 bits per heavy atom. The zero-order valence-corrected chi connectivity index (χ0v) is 13.0. The molecule has 1 aliphatic rings. The Morgan fingerprint density at radius 2 is 2.24 bits per heavy atom. The molecule has 0 saturated heterocycles. The molecule has 0 spiro atoms. The summed E-state index contributed by atoms with van der Waals surface area (Å²) >= 11 is 1.68. The molecule has 1 aliphatic carbocycles. The molecule has 4 heteroatoms. The fourth-order valence-corrected chi connectivity index (χ4v) is 3.23. The summed E-state index contributed by atoms with van der Waals surface area (Å²) in [4.78, 5) is 14.9. The van der Waals surface area contributed by atoms with Crippen LogP contribution in [-0.4, -0.2) is 16.8 Å². The summed E-state index contributed by atoms with van der Waals surface area (Å²) in [6.45, 7) is 2.69. The minimum atomic E-state index is -0.146. The highest BCUT2D eigenvalue weighted by Crippen LogP contribution is 2.32. The van der Waals surface area contributed by atoms with Gasteiger partial charge < -0.3 is 10.6 Å². The van der Waals surface area contributed by atoms with Crippen molar-refractivity contribution >= 4 is 22.9 Å². The number of carbonyl (C=O) groups is 1. The van der Waals surface area contributed by atoms with Crippen molar-refractivity contribution in [1.29, 1.82) is 0 Å². The monoisotopic (exact) mass is 300 g/mol. The molecule has 0 aliphatic heterocycles. The van der Waals surface area contributed by atoms with Crippen LogP contribution in [0.15, 0.2) is 41.1 Å². The van der Waals surface area contributed by atoms with Crippen LogP contribution >= 0.6 is 11.3 Å². The normalized spacial score (nSPS) is 15.7. The zero-order chi connectivity index (χ0) is 14.8. The summed E-state index contributed by atoms with van der Waals surface area (Å²) in [5.41, 5.74) is 8.76. The van der Waals surface area contributed by atoms with Gasteiger partial charge in [0.2, 0.25) is 5.91 Å². The summed E-state index contributed by atoms with van der Waals surface area (Å²) in [5, 5.41) is 4.18. The maximum Gasteiger partial charge on any atom is 0.230 e. The van der Waals surface area contributed by atoms with E-state index < -0.39 is 0 Å². The van der Waals surface area contributed by atoms with Crippen molar-refractivity contribution in [1.82, 2.24) is 4.90 Å². The number of hydrogen-bond acceptors (Lipinski definition) is 3. The van der Waals surface area contributed by atoms with E-state index in [1.165, 1.54) is 5.56 Å². The van der Waals surface area contributed by atoms with Crippen molar-refractivity contribution in [2.75, 3.05) is 5.73 Å². The van der Waals surface area contributed by atoms with Gasteiger partial charge in [-0.05, 0) is 59.9 Å². The molecule has 1 aromatic heterocycles. The molecular weight excluding hydrogens is 280 g/mol. The van der Waals surface area contributed by atoms with E-state index in [0.717, 1.165) is 24.9 Å². The fraction of sp³-hybridized carbons (Fsp3) is 0.353. The highest BCUT2D eigenvalue weighted by atomic mass is 32.1. The Balaban J connectivity index is 1.77. The number of thiophene rings is 1. The van der Waals surface area contributed by atoms with E-state index in [1.54, 1.807) is 11.3 Å². The highest BCUT2D eigenvalue weighted by Gasteiger charge is 2.34. The third-order valence-corrected chi connectivity index (χ3v) is 4.72. The second kappa shape index (κ2) is 5.90. The van der Waals surface area contributed by atoms with Gasteiger partial charge in [0, 0.05) is 18.3 Å². The smallest absolute Gasteiger partial charge is 0.230 e. The molecule has 0 radical (unpaired) electrons. The fourth-order valence-electron chi connectivity index (χ4n) is 2.57. The standard InChI is InChI=1S/C17H20N2OS/c1-12(14-3-2-4-15(18)9-14)17(20)19(16-5-6-16)10-13-7-8-21-11-13/h2-4,7-9,11-12,16H,5-6,10,18H2,1H3. The molecule has 3 nitrogen and oxygen atoms in total. The molecule has 1 atom stereocenters. The number of nitrogens with zero attached hydrogens (tertiary/aromatic N) is 1. The van der Waals surface area contributed by atoms with E-state index >= 15 is 0 Å². The van der Waals surface area contributed by atoms with Crippen molar-refractivity contribution in [2.24, 2.45) is 0 Å². The van der Waals surface area contributed by atoms with Crippen molar-refractivity contribution in [3.05, 3.63) is 52.2 Å². The topological polar surface area (TPSA) is 46.3 Å². The Labute approximate surface area is 129 Å². The van der Waals surface area contributed by atoms with Crippen molar-refractivity contribution in [2.45, 2.75) is 38.3 Å². The van der Waals surface area contributed by atoms with Crippen LogP contribution in [0.1, 0.15) is 36.8 Å². The largest absolute Gasteiger partial charge is 0.399 e. The average Bonchev–Trinajstić information content (AvgIpc) is 3.20. The van der Waals surface area contributed by atoms with Crippen LogP contribution in [0.25, 0.3) is 0 Å². The van der Waals surface area contributed by atoms with E-state index in [9.17, 15) is 4.79 Å². The van der Waals surface area contributed by atoms with Gasteiger partial charge in [-0.25, -0.2) is 0 Å². The van der Waals surface area contributed by atoms with Gasteiger partial charge in [0.25, 0.3) is 0 Å². The summed E-state index contributed by atoms with van der Waals surface area (Å²) in [7, 11) is 0. The van der Waals surface area contributed by atoms with Gasteiger partial charge in [-0.3, -0.25) is 4.79 Å². The molecular formula is C17H20N2OS. The lowest BCUT2D eigenvalue weighted by Gasteiger charge is -2.26. The number of benzene rings is 1. The number of hydrogen-bond donors (Lipinski definition) is 1.